The Kier molecular flexibility index (Phi) is 2.80. The Hall–Kier alpha value is -1.46. The van der Waals surface area contributed by atoms with E-state index in [1.807, 2.05) is 0 Å². The fourth-order valence-corrected chi connectivity index (χ4v) is 2.76. The van der Waals surface area contributed by atoms with Crippen LogP contribution in [0.4, 0.5) is 10.1 Å². The van der Waals surface area contributed by atoms with Crippen LogP contribution in [0.15, 0.2) is 18.2 Å². The molecule has 1 aromatic rings. The van der Waals surface area contributed by atoms with E-state index in [0.29, 0.717) is 5.69 Å². The molecule has 5 heteroatoms. The number of rotatable bonds is 1. The van der Waals surface area contributed by atoms with Crippen LogP contribution in [-0.4, -0.2) is 29.9 Å². The molecule has 1 unspecified atom stereocenters. The topological polar surface area (TPSA) is 58.4 Å². The molecular weight excluding hydrogens is 233 g/mol. The molecule has 0 bridgehead atoms. The van der Waals surface area contributed by atoms with Crippen LogP contribution in [0.3, 0.4) is 0 Å². The lowest BCUT2D eigenvalue weighted by Crippen LogP contribution is -2.43. The van der Waals surface area contributed by atoms with Crippen LogP contribution in [0.2, 0.25) is 0 Å². The number of halogens is 1. The van der Waals surface area contributed by atoms with Gasteiger partial charge in [0.1, 0.15) is 11.9 Å². The van der Waals surface area contributed by atoms with Gasteiger partial charge in [-0.2, -0.15) is 0 Å². The third kappa shape index (κ3) is 1.89. The third-order valence-corrected chi connectivity index (χ3v) is 3.76. The highest BCUT2D eigenvalue weighted by Crippen LogP contribution is 2.36. The number of fused-ring (bicyclic) bond motifs is 1. The van der Waals surface area contributed by atoms with Crippen molar-refractivity contribution in [1.29, 1.82) is 0 Å². The summed E-state index contributed by atoms with van der Waals surface area (Å²) < 4.78 is 13.1. The number of carbonyl (C=O) groups is 1. The van der Waals surface area contributed by atoms with Gasteiger partial charge in [0.15, 0.2) is 0 Å². The molecule has 2 heterocycles. The molecule has 2 aliphatic rings. The van der Waals surface area contributed by atoms with Crippen molar-refractivity contribution in [2.45, 2.75) is 24.9 Å². The van der Waals surface area contributed by atoms with Crippen molar-refractivity contribution >= 4 is 11.6 Å². The zero-order valence-corrected chi connectivity index (χ0v) is 10.0. The molecule has 0 saturated carbocycles. The second kappa shape index (κ2) is 4.33. The van der Waals surface area contributed by atoms with Crippen molar-refractivity contribution in [3.8, 4) is 0 Å². The monoisotopic (exact) mass is 249 g/mol. The van der Waals surface area contributed by atoms with E-state index in [0.717, 1.165) is 31.5 Å². The predicted molar refractivity (Wildman–Crippen MR) is 66.6 cm³/mol. The smallest absolute Gasteiger partial charge is 0.246 e. The molecule has 0 spiro atoms. The number of nitrogens with one attached hydrogen (secondary N) is 1. The van der Waals surface area contributed by atoms with Crippen LogP contribution < -0.4 is 11.1 Å². The van der Waals surface area contributed by atoms with Crippen LogP contribution in [-0.2, 0) is 4.79 Å². The molecule has 1 aromatic carbocycles. The molecule has 0 aliphatic carbocycles. The van der Waals surface area contributed by atoms with E-state index in [9.17, 15) is 9.18 Å². The SMILES string of the molecule is NC1CCN(C2C(=O)Nc3cc(F)ccc32)CC1. The van der Waals surface area contributed by atoms with Crippen LogP contribution in [0.25, 0.3) is 0 Å². The summed E-state index contributed by atoms with van der Waals surface area (Å²) >= 11 is 0. The summed E-state index contributed by atoms with van der Waals surface area (Å²) in [5.74, 6) is -0.388. The van der Waals surface area contributed by atoms with E-state index < -0.39 is 0 Å². The van der Waals surface area contributed by atoms with E-state index in [4.69, 9.17) is 5.73 Å². The molecule has 2 aliphatic heterocycles. The Labute approximate surface area is 105 Å². The van der Waals surface area contributed by atoms with E-state index in [1.54, 1.807) is 6.07 Å². The quantitative estimate of drug-likeness (QED) is 0.787. The van der Waals surface area contributed by atoms with Crippen LogP contribution >= 0.6 is 0 Å². The van der Waals surface area contributed by atoms with Crippen molar-refractivity contribution in [1.82, 2.24) is 4.90 Å². The second-order valence-corrected chi connectivity index (χ2v) is 5.00. The number of likely N-dealkylation sites (tertiary alicyclic amines) is 1. The maximum absolute atomic E-state index is 13.1. The first kappa shape index (κ1) is 11.6. The van der Waals surface area contributed by atoms with Gasteiger partial charge in [0.2, 0.25) is 5.91 Å². The highest BCUT2D eigenvalue weighted by atomic mass is 19.1. The van der Waals surface area contributed by atoms with Crippen LogP contribution in [0, 0.1) is 5.82 Å². The first-order valence-corrected chi connectivity index (χ1v) is 6.25. The average molecular weight is 249 g/mol. The second-order valence-electron chi connectivity index (χ2n) is 5.00. The van der Waals surface area contributed by atoms with Crippen molar-refractivity contribution in [3.05, 3.63) is 29.6 Å². The van der Waals surface area contributed by atoms with E-state index in [-0.39, 0.29) is 23.8 Å². The number of amides is 1. The fourth-order valence-electron chi connectivity index (χ4n) is 2.76. The Balaban J connectivity index is 1.87. The molecule has 96 valence electrons. The van der Waals surface area contributed by atoms with E-state index in [2.05, 4.69) is 10.2 Å². The molecular formula is C13H16FN3O. The highest BCUT2D eigenvalue weighted by Gasteiger charge is 2.36. The summed E-state index contributed by atoms with van der Waals surface area (Å²) in [6, 6.07) is 4.43. The summed E-state index contributed by atoms with van der Waals surface area (Å²) in [4.78, 5) is 14.1. The number of anilines is 1. The summed E-state index contributed by atoms with van der Waals surface area (Å²) in [7, 11) is 0. The molecule has 3 N–H and O–H groups in total. The third-order valence-electron chi connectivity index (χ3n) is 3.76. The number of piperidine rings is 1. The van der Waals surface area contributed by atoms with Crippen LogP contribution in [0.1, 0.15) is 24.4 Å². The van der Waals surface area contributed by atoms with Gasteiger partial charge in [-0.25, -0.2) is 4.39 Å². The summed E-state index contributed by atoms with van der Waals surface area (Å²) in [5.41, 5.74) is 7.34. The maximum Gasteiger partial charge on any atom is 0.246 e. The number of nitrogens with two attached hydrogens (primary N) is 1. The summed E-state index contributed by atoms with van der Waals surface area (Å²) in [5, 5.41) is 2.74. The number of hydrogen-bond donors (Lipinski definition) is 2. The van der Waals surface area contributed by atoms with Gasteiger partial charge < -0.3 is 11.1 Å². The molecule has 0 aromatic heterocycles. The lowest BCUT2D eigenvalue weighted by atomic mass is 10.0. The molecule has 0 radical (unpaired) electrons. The number of hydrogen-bond acceptors (Lipinski definition) is 3. The number of benzene rings is 1. The maximum atomic E-state index is 13.1. The summed E-state index contributed by atoms with van der Waals surface area (Å²) in [6.07, 6.45) is 1.81. The fraction of sp³-hybridized carbons (Fsp3) is 0.462. The zero-order valence-electron chi connectivity index (χ0n) is 10.0. The highest BCUT2D eigenvalue weighted by molar-refractivity contribution is 6.02. The Morgan fingerprint density at radius 1 is 1.33 bits per heavy atom. The minimum atomic E-state index is -0.324. The first-order valence-electron chi connectivity index (χ1n) is 6.25. The molecule has 3 rings (SSSR count). The minimum absolute atomic E-state index is 0.0638. The Bertz CT molecular complexity index is 483. The predicted octanol–water partition coefficient (Wildman–Crippen LogP) is 1.24. The van der Waals surface area contributed by atoms with Gasteiger partial charge in [0.25, 0.3) is 0 Å². The van der Waals surface area contributed by atoms with Gasteiger partial charge in [-0.05, 0) is 25.0 Å². The Morgan fingerprint density at radius 2 is 2.06 bits per heavy atom. The Morgan fingerprint density at radius 3 is 2.78 bits per heavy atom. The van der Waals surface area contributed by atoms with Crippen LogP contribution in [0.5, 0.6) is 0 Å². The normalized spacial score (nSPS) is 25.0. The lowest BCUT2D eigenvalue weighted by molar-refractivity contribution is -0.121. The average Bonchev–Trinajstić information content (AvgIpc) is 2.65. The largest absolute Gasteiger partial charge is 0.328 e. The summed E-state index contributed by atoms with van der Waals surface area (Å²) in [6.45, 7) is 1.63. The van der Waals surface area contributed by atoms with Crippen molar-refractivity contribution < 1.29 is 9.18 Å². The first-order chi connectivity index (χ1) is 8.65. The van der Waals surface area contributed by atoms with Crippen molar-refractivity contribution in [2.24, 2.45) is 5.73 Å². The van der Waals surface area contributed by atoms with Crippen molar-refractivity contribution in [2.75, 3.05) is 18.4 Å². The van der Waals surface area contributed by atoms with Crippen molar-refractivity contribution in [3.63, 3.8) is 0 Å². The molecule has 1 saturated heterocycles. The molecule has 1 amide bonds. The molecule has 18 heavy (non-hydrogen) atoms. The minimum Gasteiger partial charge on any atom is -0.328 e. The molecule has 1 atom stereocenters. The number of nitrogens with zero attached hydrogens (tertiary/aromatic N) is 1. The number of carbonyl (C=O) groups excluding carboxylic acids is 1. The standard InChI is InChI=1S/C13H16FN3O/c14-8-1-2-10-11(7-8)16-13(18)12(10)17-5-3-9(15)4-6-17/h1-2,7,9,12H,3-6,15H2,(H,16,18). The van der Waals surface area contributed by atoms with Gasteiger partial charge in [-0.1, -0.05) is 6.07 Å². The molecule has 4 nitrogen and oxygen atoms in total. The van der Waals surface area contributed by atoms with E-state index >= 15 is 0 Å². The zero-order chi connectivity index (χ0) is 12.7. The van der Waals surface area contributed by atoms with Gasteiger partial charge in [0, 0.05) is 30.4 Å². The van der Waals surface area contributed by atoms with E-state index in [1.165, 1.54) is 12.1 Å². The van der Waals surface area contributed by atoms with Gasteiger partial charge in [-0.15, -0.1) is 0 Å². The lowest BCUT2D eigenvalue weighted by Gasteiger charge is -2.33. The van der Waals surface area contributed by atoms with Gasteiger partial charge >= 0.3 is 0 Å². The molecule has 1 fully saturated rings. The van der Waals surface area contributed by atoms with Gasteiger partial charge in [0.05, 0.1) is 0 Å². The van der Waals surface area contributed by atoms with Gasteiger partial charge in [-0.3, -0.25) is 9.69 Å².